The van der Waals surface area contributed by atoms with Gasteiger partial charge in [-0.25, -0.2) is 0 Å². The standard InChI is InChI=1S/C14H22N2O2/c1-15-6-5-13(9-15)14(17)10-16(2)7-8-18-11-12-3-4-12/h5-6,9,12H,3-4,7-8,10-11H2,1-2H3. The zero-order chi connectivity index (χ0) is 13.0. The maximum atomic E-state index is 11.9. The van der Waals surface area contributed by atoms with Gasteiger partial charge in [-0.05, 0) is 31.9 Å². The molecule has 0 atom stereocenters. The Kier molecular flexibility index (Phi) is 4.55. The number of ketones is 1. The lowest BCUT2D eigenvalue weighted by Gasteiger charge is -2.15. The molecule has 1 aromatic rings. The summed E-state index contributed by atoms with van der Waals surface area (Å²) >= 11 is 0. The van der Waals surface area contributed by atoms with Crippen LogP contribution < -0.4 is 0 Å². The predicted molar refractivity (Wildman–Crippen MR) is 70.8 cm³/mol. The average Bonchev–Trinajstić information content (AvgIpc) is 3.05. The third-order valence-corrected chi connectivity index (χ3v) is 3.24. The Balaban J connectivity index is 1.63. The number of aryl methyl sites for hydroxylation is 1. The summed E-state index contributed by atoms with van der Waals surface area (Å²) in [5, 5.41) is 0. The van der Waals surface area contributed by atoms with Crippen LogP contribution in [0.4, 0.5) is 0 Å². The first kappa shape index (κ1) is 13.3. The van der Waals surface area contributed by atoms with Gasteiger partial charge in [-0.3, -0.25) is 9.69 Å². The molecule has 100 valence electrons. The first-order valence-electron chi connectivity index (χ1n) is 6.56. The normalized spacial score (nSPS) is 15.3. The van der Waals surface area contributed by atoms with Gasteiger partial charge in [0.1, 0.15) is 0 Å². The van der Waals surface area contributed by atoms with E-state index in [1.165, 1.54) is 12.8 Å². The molecule has 0 saturated heterocycles. The van der Waals surface area contributed by atoms with Crippen molar-refractivity contribution in [3.63, 3.8) is 0 Å². The van der Waals surface area contributed by atoms with Crippen molar-refractivity contribution in [2.45, 2.75) is 12.8 Å². The van der Waals surface area contributed by atoms with E-state index in [-0.39, 0.29) is 5.78 Å². The molecule has 1 saturated carbocycles. The second-order valence-corrected chi connectivity index (χ2v) is 5.24. The van der Waals surface area contributed by atoms with E-state index in [2.05, 4.69) is 0 Å². The van der Waals surface area contributed by atoms with Crippen LogP contribution in [-0.2, 0) is 11.8 Å². The molecule has 0 N–H and O–H groups in total. The molecule has 0 radical (unpaired) electrons. The van der Waals surface area contributed by atoms with Crippen molar-refractivity contribution in [2.75, 3.05) is 33.4 Å². The SMILES string of the molecule is CN(CCOCC1CC1)CC(=O)c1ccn(C)c1. The van der Waals surface area contributed by atoms with Crippen LogP contribution in [0.5, 0.6) is 0 Å². The van der Waals surface area contributed by atoms with Crippen molar-refractivity contribution in [3.05, 3.63) is 24.0 Å². The van der Waals surface area contributed by atoms with Crippen molar-refractivity contribution in [2.24, 2.45) is 13.0 Å². The zero-order valence-electron chi connectivity index (χ0n) is 11.3. The van der Waals surface area contributed by atoms with Crippen molar-refractivity contribution in [1.29, 1.82) is 0 Å². The van der Waals surface area contributed by atoms with Crippen LogP contribution in [0.1, 0.15) is 23.2 Å². The van der Waals surface area contributed by atoms with Gasteiger partial charge in [0.2, 0.25) is 0 Å². The predicted octanol–water partition coefficient (Wildman–Crippen LogP) is 1.57. The number of carbonyl (C=O) groups is 1. The van der Waals surface area contributed by atoms with Gasteiger partial charge in [-0.15, -0.1) is 0 Å². The third kappa shape index (κ3) is 4.27. The number of carbonyl (C=O) groups excluding carboxylic acids is 1. The minimum Gasteiger partial charge on any atom is -0.380 e. The molecule has 4 heteroatoms. The fourth-order valence-corrected chi connectivity index (χ4v) is 1.84. The molecule has 1 aliphatic carbocycles. The van der Waals surface area contributed by atoms with Crippen LogP contribution in [0.3, 0.4) is 0 Å². The number of nitrogens with zero attached hydrogens (tertiary/aromatic N) is 2. The lowest BCUT2D eigenvalue weighted by Crippen LogP contribution is -2.29. The monoisotopic (exact) mass is 250 g/mol. The average molecular weight is 250 g/mol. The number of hydrogen-bond acceptors (Lipinski definition) is 3. The molecule has 0 aliphatic heterocycles. The van der Waals surface area contributed by atoms with Crippen LogP contribution >= 0.6 is 0 Å². The number of hydrogen-bond donors (Lipinski definition) is 0. The van der Waals surface area contributed by atoms with E-state index >= 15 is 0 Å². The first-order chi connectivity index (χ1) is 8.65. The van der Waals surface area contributed by atoms with Crippen LogP contribution in [-0.4, -0.2) is 48.6 Å². The zero-order valence-corrected chi connectivity index (χ0v) is 11.3. The van der Waals surface area contributed by atoms with Gasteiger partial charge in [0.15, 0.2) is 5.78 Å². The van der Waals surface area contributed by atoms with Crippen molar-refractivity contribution in [1.82, 2.24) is 9.47 Å². The summed E-state index contributed by atoms with van der Waals surface area (Å²) in [6.45, 7) is 2.87. The minimum absolute atomic E-state index is 0.167. The van der Waals surface area contributed by atoms with E-state index in [0.29, 0.717) is 6.54 Å². The van der Waals surface area contributed by atoms with Crippen LogP contribution in [0.25, 0.3) is 0 Å². The summed E-state index contributed by atoms with van der Waals surface area (Å²) < 4.78 is 7.46. The molecular formula is C14H22N2O2. The molecule has 1 aliphatic rings. The van der Waals surface area contributed by atoms with Gasteiger partial charge >= 0.3 is 0 Å². The summed E-state index contributed by atoms with van der Waals surface area (Å²) in [5.41, 5.74) is 0.781. The smallest absolute Gasteiger partial charge is 0.178 e. The molecule has 4 nitrogen and oxygen atoms in total. The Labute approximate surface area is 109 Å². The van der Waals surface area contributed by atoms with Crippen molar-refractivity contribution in [3.8, 4) is 0 Å². The summed E-state index contributed by atoms with van der Waals surface area (Å²) in [6.07, 6.45) is 6.40. The fraction of sp³-hybridized carbons (Fsp3) is 0.643. The molecule has 1 aromatic heterocycles. The Morgan fingerprint density at radius 3 is 2.94 bits per heavy atom. The van der Waals surface area contributed by atoms with E-state index < -0.39 is 0 Å². The van der Waals surface area contributed by atoms with Crippen LogP contribution in [0, 0.1) is 5.92 Å². The minimum atomic E-state index is 0.167. The van der Waals surface area contributed by atoms with E-state index in [0.717, 1.165) is 31.2 Å². The van der Waals surface area contributed by atoms with Gasteiger partial charge in [-0.1, -0.05) is 0 Å². The summed E-state index contributed by atoms with van der Waals surface area (Å²) in [7, 11) is 3.88. The highest BCUT2D eigenvalue weighted by molar-refractivity contribution is 5.97. The molecule has 18 heavy (non-hydrogen) atoms. The van der Waals surface area contributed by atoms with Crippen molar-refractivity contribution < 1.29 is 9.53 Å². The molecule has 2 rings (SSSR count). The summed E-state index contributed by atoms with van der Waals surface area (Å²) in [6, 6.07) is 1.86. The number of aromatic nitrogens is 1. The molecular weight excluding hydrogens is 228 g/mol. The van der Waals surface area contributed by atoms with Gasteiger partial charge in [-0.2, -0.15) is 0 Å². The maximum absolute atomic E-state index is 11.9. The Morgan fingerprint density at radius 1 is 1.56 bits per heavy atom. The lowest BCUT2D eigenvalue weighted by molar-refractivity contribution is 0.0861. The summed E-state index contributed by atoms with van der Waals surface area (Å²) in [5.74, 6) is 0.974. The maximum Gasteiger partial charge on any atom is 0.178 e. The highest BCUT2D eigenvalue weighted by atomic mass is 16.5. The van der Waals surface area contributed by atoms with Gasteiger partial charge in [0.25, 0.3) is 0 Å². The van der Waals surface area contributed by atoms with E-state index in [1.54, 1.807) is 0 Å². The Hall–Kier alpha value is -1.13. The van der Waals surface area contributed by atoms with E-state index in [9.17, 15) is 4.79 Å². The molecule has 0 amide bonds. The van der Waals surface area contributed by atoms with Crippen molar-refractivity contribution >= 4 is 5.78 Å². The second-order valence-electron chi connectivity index (χ2n) is 5.24. The Bertz CT molecular complexity index is 396. The molecule has 1 heterocycles. The fourth-order valence-electron chi connectivity index (χ4n) is 1.84. The van der Waals surface area contributed by atoms with E-state index in [4.69, 9.17) is 4.74 Å². The number of ether oxygens (including phenoxy) is 1. The first-order valence-corrected chi connectivity index (χ1v) is 6.56. The highest BCUT2D eigenvalue weighted by Crippen LogP contribution is 2.28. The topological polar surface area (TPSA) is 34.5 Å². The molecule has 0 spiro atoms. The van der Waals surface area contributed by atoms with E-state index in [1.807, 2.05) is 42.0 Å². The molecule has 1 fully saturated rings. The highest BCUT2D eigenvalue weighted by Gasteiger charge is 2.21. The Morgan fingerprint density at radius 2 is 2.33 bits per heavy atom. The van der Waals surface area contributed by atoms with Crippen LogP contribution in [0.2, 0.25) is 0 Å². The quantitative estimate of drug-likeness (QED) is 0.519. The molecule has 0 bridgehead atoms. The largest absolute Gasteiger partial charge is 0.380 e. The number of Topliss-reactive ketones (excluding diaryl/α,β-unsaturated/α-hetero) is 1. The number of likely N-dealkylation sites (N-methyl/N-ethyl adjacent to an activating group) is 1. The second kappa shape index (κ2) is 6.16. The van der Waals surface area contributed by atoms with Gasteiger partial charge in [0, 0.05) is 38.2 Å². The van der Waals surface area contributed by atoms with Gasteiger partial charge in [0.05, 0.1) is 13.2 Å². The lowest BCUT2D eigenvalue weighted by atomic mass is 10.2. The van der Waals surface area contributed by atoms with Crippen LogP contribution in [0.15, 0.2) is 18.5 Å². The van der Waals surface area contributed by atoms with Gasteiger partial charge < -0.3 is 9.30 Å². The number of rotatable bonds is 8. The third-order valence-electron chi connectivity index (χ3n) is 3.24. The molecule has 0 aromatic carbocycles. The summed E-state index contributed by atoms with van der Waals surface area (Å²) in [4.78, 5) is 13.9. The molecule has 0 unspecified atom stereocenters.